The number of benzene rings is 3. The second-order valence-electron chi connectivity index (χ2n) is 10.7. The highest BCUT2D eigenvalue weighted by atomic mass is 32.2. The van der Waals surface area contributed by atoms with Gasteiger partial charge in [0.25, 0.3) is 0 Å². The van der Waals surface area contributed by atoms with Crippen LogP contribution in [-0.2, 0) is 19.0 Å². The molecule has 216 valence electrons. The second-order valence-corrected chi connectivity index (χ2v) is 12.2. The van der Waals surface area contributed by atoms with E-state index < -0.39 is 35.1 Å². The van der Waals surface area contributed by atoms with E-state index in [-0.39, 0.29) is 24.3 Å². The van der Waals surface area contributed by atoms with Crippen molar-refractivity contribution in [2.45, 2.75) is 62.2 Å². The highest BCUT2D eigenvalue weighted by Gasteiger charge is 2.50. The van der Waals surface area contributed by atoms with E-state index in [1.165, 1.54) is 6.92 Å². The Morgan fingerprint density at radius 1 is 0.902 bits per heavy atom. The number of esters is 2. The maximum absolute atomic E-state index is 13.2. The topological polar surface area (TPSA) is 90.9 Å². The number of hydrogen-bond donors (Lipinski definition) is 1. The summed E-state index contributed by atoms with van der Waals surface area (Å²) in [6.07, 6.45) is -0.836. The molecule has 8 heteroatoms. The maximum atomic E-state index is 13.2. The van der Waals surface area contributed by atoms with Crippen molar-refractivity contribution >= 4 is 29.6 Å². The Labute approximate surface area is 246 Å². The number of rotatable bonds is 10. The van der Waals surface area contributed by atoms with Gasteiger partial charge in [-0.3, -0.25) is 4.79 Å². The normalized spacial score (nSPS) is 23.6. The van der Waals surface area contributed by atoms with Crippen LogP contribution in [0.3, 0.4) is 0 Å². The van der Waals surface area contributed by atoms with Crippen LogP contribution in [0.25, 0.3) is 0 Å². The van der Waals surface area contributed by atoms with Crippen molar-refractivity contribution in [2.75, 3.05) is 6.61 Å². The Morgan fingerprint density at radius 2 is 1.44 bits per heavy atom. The monoisotopic (exact) mass is 575 g/mol. The van der Waals surface area contributed by atoms with E-state index >= 15 is 0 Å². The Bertz CT molecular complexity index is 1310. The van der Waals surface area contributed by atoms with Gasteiger partial charge in [0.05, 0.1) is 29.9 Å². The number of thioether (sulfide) groups is 1. The van der Waals surface area contributed by atoms with Crippen LogP contribution in [0.4, 0.5) is 0 Å². The van der Waals surface area contributed by atoms with Gasteiger partial charge in [-0.05, 0) is 55.2 Å². The molecule has 7 nitrogen and oxygen atoms in total. The molecule has 0 spiro atoms. The fraction of sp³-hybridized carbons (Fsp3) is 0.364. The van der Waals surface area contributed by atoms with Crippen LogP contribution in [0.2, 0.25) is 0 Å². The first-order valence-electron chi connectivity index (χ1n) is 13.8. The minimum absolute atomic E-state index is 0.126. The summed E-state index contributed by atoms with van der Waals surface area (Å²) in [5.74, 6) is -1.41. The average molecular weight is 576 g/mol. The molecular formula is C33H37NO6S. The Kier molecular flexibility index (Phi) is 10.2. The fourth-order valence-corrected chi connectivity index (χ4v) is 6.19. The lowest BCUT2D eigenvalue weighted by Crippen LogP contribution is -2.62. The third-order valence-corrected chi connectivity index (χ3v) is 8.53. The molecule has 1 N–H and O–H groups in total. The first-order valence-corrected chi connectivity index (χ1v) is 14.6. The predicted octanol–water partition coefficient (Wildman–Crippen LogP) is 6.14. The molecule has 3 aromatic rings. The molecule has 41 heavy (non-hydrogen) atoms. The van der Waals surface area contributed by atoms with Crippen molar-refractivity contribution in [2.24, 2.45) is 11.8 Å². The second kappa shape index (κ2) is 13.8. The average Bonchev–Trinajstić information content (AvgIpc) is 2.97. The molecule has 1 amide bonds. The molecule has 3 aromatic carbocycles. The minimum Gasteiger partial charge on any atom is -0.462 e. The van der Waals surface area contributed by atoms with Gasteiger partial charge in [-0.2, -0.15) is 0 Å². The van der Waals surface area contributed by atoms with Gasteiger partial charge >= 0.3 is 11.9 Å². The van der Waals surface area contributed by atoms with Crippen LogP contribution >= 0.6 is 11.8 Å². The van der Waals surface area contributed by atoms with Gasteiger partial charge in [0.1, 0.15) is 11.0 Å². The molecule has 0 aliphatic carbocycles. The van der Waals surface area contributed by atoms with Crippen molar-refractivity contribution in [3.05, 3.63) is 102 Å². The summed E-state index contributed by atoms with van der Waals surface area (Å²) in [6.45, 7) is 7.58. The van der Waals surface area contributed by atoms with Crippen LogP contribution in [0.5, 0.6) is 0 Å². The minimum atomic E-state index is -0.767. The zero-order chi connectivity index (χ0) is 29.4. The van der Waals surface area contributed by atoms with Gasteiger partial charge in [0, 0.05) is 18.2 Å². The summed E-state index contributed by atoms with van der Waals surface area (Å²) in [7, 11) is 0. The van der Waals surface area contributed by atoms with Crippen molar-refractivity contribution in [1.82, 2.24) is 5.32 Å². The van der Waals surface area contributed by atoms with Crippen LogP contribution < -0.4 is 5.32 Å². The fourth-order valence-electron chi connectivity index (χ4n) is 5.00. The molecule has 1 heterocycles. The third-order valence-electron chi connectivity index (χ3n) is 7.33. The van der Waals surface area contributed by atoms with Crippen molar-refractivity contribution in [3.8, 4) is 0 Å². The number of hydrogen-bond acceptors (Lipinski definition) is 7. The Hall–Kier alpha value is -3.62. The van der Waals surface area contributed by atoms with E-state index in [9.17, 15) is 14.4 Å². The Morgan fingerprint density at radius 3 is 2.00 bits per heavy atom. The largest absolute Gasteiger partial charge is 0.462 e. The highest BCUT2D eigenvalue weighted by Crippen LogP contribution is 2.45. The summed E-state index contributed by atoms with van der Waals surface area (Å²) >= 11 is 1.55. The van der Waals surface area contributed by atoms with Crippen LogP contribution in [-0.4, -0.2) is 47.6 Å². The number of ether oxygens (including phenoxy) is 3. The zero-order valence-electron chi connectivity index (χ0n) is 23.8. The van der Waals surface area contributed by atoms with Crippen LogP contribution in [0.15, 0.2) is 95.9 Å². The Balaban J connectivity index is 1.59. The molecule has 6 atom stereocenters. The summed E-state index contributed by atoms with van der Waals surface area (Å²) < 4.78 is 18.6. The first kappa shape index (κ1) is 30.3. The van der Waals surface area contributed by atoms with Gasteiger partial charge in [-0.15, -0.1) is 0 Å². The molecule has 1 fully saturated rings. The van der Waals surface area contributed by atoms with Crippen molar-refractivity contribution in [3.63, 3.8) is 0 Å². The van der Waals surface area contributed by atoms with E-state index in [0.717, 1.165) is 4.90 Å². The van der Waals surface area contributed by atoms with Gasteiger partial charge in [-0.1, -0.05) is 80.2 Å². The van der Waals surface area contributed by atoms with E-state index in [2.05, 4.69) is 5.32 Å². The molecule has 1 aliphatic heterocycles. The zero-order valence-corrected chi connectivity index (χ0v) is 24.6. The van der Waals surface area contributed by atoms with E-state index in [1.807, 2.05) is 63.2 Å². The lowest BCUT2D eigenvalue weighted by atomic mass is 9.82. The molecule has 1 aliphatic rings. The molecule has 4 rings (SSSR count). The molecule has 0 aromatic heterocycles. The van der Waals surface area contributed by atoms with Gasteiger partial charge in [0.15, 0.2) is 0 Å². The molecule has 1 saturated heterocycles. The first-order chi connectivity index (χ1) is 19.6. The molecule has 0 bridgehead atoms. The molecule has 0 saturated carbocycles. The number of carbonyl (C=O) groups excluding carboxylic acids is 3. The predicted molar refractivity (Wildman–Crippen MR) is 158 cm³/mol. The van der Waals surface area contributed by atoms with Crippen LogP contribution in [0, 0.1) is 11.8 Å². The molecule has 1 unspecified atom stereocenters. The quantitative estimate of drug-likeness (QED) is 0.290. The third kappa shape index (κ3) is 8.21. The lowest BCUT2D eigenvalue weighted by Gasteiger charge is -2.49. The van der Waals surface area contributed by atoms with Gasteiger partial charge in [-0.25, -0.2) is 9.59 Å². The standard InChI is InChI=1S/C33H37NO6S/c1-22(21-38-31(36)25-14-8-5-9-15-25)23(2)30-29(34-24(3)35)28(39-32(37)26-16-10-6-11-17-26)20-33(4,40-30)41-27-18-12-7-13-19-27/h5-19,22-23,28-30H,20-21H2,1-4H3,(H,34,35)/t22-,23-,28-,29-,30?,33+/m1/s1. The van der Waals surface area contributed by atoms with E-state index in [4.69, 9.17) is 14.2 Å². The van der Waals surface area contributed by atoms with Crippen molar-refractivity contribution in [1.29, 1.82) is 0 Å². The highest BCUT2D eigenvalue weighted by molar-refractivity contribution is 8.00. The maximum Gasteiger partial charge on any atom is 0.338 e. The smallest absolute Gasteiger partial charge is 0.338 e. The summed E-state index contributed by atoms with van der Waals surface area (Å²) in [6, 6.07) is 27.0. The van der Waals surface area contributed by atoms with E-state index in [1.54, 1.807) is 60.3 Å². The molecule has 0 radical (unpaired) electrons. The lowest BCUT2D eigenvalue weighted by molar-refractivity contribution is -0.159. The number of amides is 1. The number of nitrogens with one attached hydrogen (secondary N) is 1. The van der Waals surface area contributed by atoms with Crippen molar-refractivity contribution < 1.29 is 28.6 Å². The van der Waals surface area contributed by atoms with Gasteiger partial charge < -0.3 is 19.5 Å². The summed E-state index contributed by atoms with van der Waals surface area (Å²) in [5, 5.41) is 3.01. The summed E-state index contributed by atoms with van der Waals surface area (Å²) in [5.41, 5.74) is 0.917. The van der Waals surface area contributed by atoms with Crippen LogP contribution in [0.1, 0.15) is 54.8 Å². The molecular weight excluding hydrogens is 538 g/mol. The van der Waals surface area contributed by atoms with E-state index in [0.29, 0.717) is 17.5 Å². The summed E-state index contributed by atoms with van der Waals surface area (Å²) in [4.78, 5) is 38.4. The SMILES string of the molecule is CC(=O)N[C@H]1C([C@H](C)[C@H](C)COC(=O)c2ccccc2)O[C@@](C)(Sc2ccccc2)C[C@H]1OC(=O)c1ccccc1. The van der Waals surface area contributed by atoms with Gasteiger partial charge in [0.2, 0.25) is 5.91 Å². The number of carbonyl (C=O) groups is 3.